The summed E-state index contributed by atoms with van der Waals surface area (Å²) in [5, 5.41) is 12.4. The molecular weight excluding hydrogens is 366 g/mol. The van der Waals surface area contributed by atoms with Crippen molar-refractivity contribution in [3.05, 3.63) is 20.8 Å². The summed E-state index contributed by atoms with van der Waals surface area (Å²) in [4.78, 5) is 24.8. The van der Waals surface area contributed by atoms with E-state index in [-0.39, 0.29) is 5.91 Å². The van der Waals surface area contributed by atoms with Gasteiger partial charge in [-0.25, -0.2) is 0 Å². The lowest BCUT2D eigenvalue weighted by Crippen LogP contribution is -2.55. The van der Waals surface area contributed by atoms with Gasteiger partial charge in [-0.05, 0) is 60.7 Å². The van der Waals surface area contributed by atoms with Gasteiger partial charge in [-0.15, -0.1) is 11.3 Å². The Bertz CT molecular complexity index is 545. The van der Waals surface area contributed by atoms with E-state index < -0.39 is 17.4 Å². The number of rotatable bonds is 6. The summed E-state index contributed by atoms with van der Waals surface area (Å²) in [6.07, 6.45) is 5.40. The third-order valence-corrected chi connectivity index (χ3v) is 6.07. The van der Waals surface area contributed by atoms with E-state index in [1.807, 2.05) is 13.0 Å². The molecule has 0 aliphatic heterocycles. The van der Waals surface area contributed by atoms with Crippen LogP contribution in [-0.4, -0.2) is 22.5 Å². The summed E-state index contributed by atoms with van der Waals surface area (Å²) in [6.45, 7) is 1.87. The van der Waals surface area contributed by atoms with Crippen molar-refractivity contribution in [1.82, 2.24) is 5.32 Å². The Kier molecular flexibility index (Phi) is 6.03. The zero-order chi connectivity index (χ0) is 16.2. The van der Waals surface area contributed by atoms with Gasteiger partial charge in [-0.2, -0.15) is 0 Å². The Morgan fingerprint density at radius 3 is 2.86 bits per heavy atom. The average Bonchev–Trinajstić information content (AvgIpc) is 2.84. The Hall–Kier alpha value is -0.880. The highest BCUT2D eigenvalue weighted by molar-refractivity contribution is 9.11. The van der Waals surface area contributed by atoms with Crippen LogP contribution in [0, 0.1) is 5.92 Å². The Morgan fingerprint density at radius 1 is 1.45 bits per heavy atom. The van der Waals surface area contributed by atoms with Crippen molar-refractivity contribution in [3.63, 3.8) is 0 Å². The van der Waals surface area contributed by atoms with E-state index in [0.717, 1.165) is 35.9 Å². The molecule has 22 heavy (non-hydrogen) atoms. The first-order valence-corrected chi connectivity index (χ1v) is 9.30. The molecule has 1 aliphatic rings. The van der Waals surface area contributed by atoms with Crippen molar-refractivity contribution in [2.75, 3.05) is 0 Å². The molecule has 1 aromatic rings. The molecule has 0 saturated heterocycles. The quantitative estimate of drug-likeness (QED) is 0.775. The van der Waals surface area contributed by atoms with Gasteiger partial charge in [0, 0.05) is 11.3 Å². The Morgan fingerprint density at radius 2 is 2.23 bits per heavy atom. The maximum absolute atomic E-state index is 12.2. The lowest BCUT2D eigenvalue weighted by molar-refractivity contribution is -0.146. The number of thiophene rings is 1. The highest BCUT2D eigenvalue weighted by Crippen LogP contribution is 2.34. The average molecular weight is 388 g/mol. The molecule has 1 saturated carbocycles. The molecule has 1 fully saturated rings. The van der Waals surface area contributed by atoms with Gasteiger partial charge in [0.2, 0.25) is 5.91 Å². The van der Waals surface area contributed by atoms with Crippen molar-refractivity contribution < 1.29 is 14.7 Å². The molecule has 1 heterocycles. The van der Waals surface area contributed by atoms with Gasteiger partial charge in [0.15, 0.2) is 0 Å². The second kappa shape index (κ2) is 7.59. The monoisotopic (exact) mass is 387 g/mol. The van der Waals surface area contributed by atoms with Crippen LogP contribution < -0.4 is 5.32 Å². The molecular formula is C16H22BrNO3S. The molecule has 0 radical (unpaired) electrons. The smallest absolute Gasteiger partial charge is 0.308 e. The highest BCUT2D eigenvalue weighted by Gasteiger charge is 2.41. The molecule has 0 aromatic carbocycles. The summed E-state index contributed by atoms with van der Waals surface area (Å²) >= 11 is 5.12. The number of carbonyl (C=O) groups is 2. The largest absolute Gasteiger partial charge is 0.481 e. The van der Waals surface area contributed by atoms with Crippen molar-refractivity contribution in [2.45, 2.75) is 57.4 Å². The minimum absolute atomic E-state index is 0.0359. The number of aryl methyl sites for hydroxylation is 1. The summed E-state index contributed by atoms with van der Waals surface area (Å²) in [6, 6.07) is 4.08. The zero-order valence-corrected chi connectivity index (χ0v) is 15.1. The second-order valence-electron chi connectivity index (χ2n) is 6.16. The molecule has 6 heteroatoms. The lowest BCUT2D eigenvalue weighted by atomic mass is 9.74. The molecule has 1 aliphatic carbocycles. The zero-order valence-electron chi connectivity index (χ0n) is 12.7. The number of hydrogen-bond acceptors (Lipinski definition) is 3. The van der Waals surface area contributed by atoms with Gasteiger partial charge < -0.3 is 10.4 Å². The molecule has 2 atom stereocenters. The normalized spacial score (nSPS) is 24.9. The predicted octanol–water partition coefficient (Wildman–Crippen LogP) is 3.98. The first-order chi connectivity index (χ1) is 10.4. The van der Waals surface area contributed by atoms with Gasteiger partial charge in [0.1, 0.15) is 0 Å². The van der Waals surface area contributed by atoms with Crippen molar-refractivity contribution in [2.24, 2.45) is 5.92 Å². The Balaban J connectivity index is 1.83. The predicted molar refractivity (Wildman–Crippen MR) is 91.1 cm³/mol. The fourth-order valence-electron chi connectivity index (χ4n) is 3.17. The van der Waals surface area contributed by atoms with Crippen LogP contribution in [0.4, 0.5) is 0 Å². The van der Waals surface area contributed by atoms with Crippen molar-refractivity contribution in [1.29, 1.82) is 0 Å². The number of nitrogens with one attached hydrogen (secondary N) is 1. The van der Waals surface area contributed by atoms with E-state index in [0.29, 0.717) is 12.8 Å². The lowest BCUT2D eigenvalue weighted by Gasteiger charge is -2.39. The molecule has 1 aromatic heterocycles. The topological polar surface area (TPSA) is 66.4 Å². The van der Waals surface area contributed by atoms with Crippen LogP contribution in [0.25, 0.3) is 0 Å². The number of aliphatic carboxylic acids is 1. The highest BCUT2D eigenvalue weighted by atomic mass is 79.9. The molecule has 0 spiro atoms. The molecule has 2 rings (SSSR count). The van der Waals surface area contributed by atoms with Crippen molar-refractivity contribution in [3.8, 4) is 0 Å². The third kappa shape index (κ3) is 4.56. The second-order valence-corrected chi connectivity index (χ2v) is 8.71. The van der Waals surface area contributed by atoms with Gasteiger partial charge in [0.05, 0.1) is 15.2 Å². The van der Waals surface area contributed by atoms with E-state index in [4.69, 9.17) is 0 Å². The number of halogens is 1. The fourth-order valence-corrected chi connectivity index (χ4v) is 4.69. The van der Waals surface area contributed by atoms with Gasteiger partial charge in [0.25, 0.3) is 0 Å². The van der Waals surface area contributed by atoms with Gasteiger partial charge >= 0.3 is 5.97 Å². The number of hydrogen-bond donors (Lipinski definition) is 2. The number of amides is 1. The van der Waals surface area contributed by atoms with Crippen LogP contribution in [0.2, 0.25) is 0 Å². The first kappa shape index (κ1) is 17.5. The van der Waals surface area contributed by atoms with Crippen LogP contribution in [0.15, 0.2) is 15.9 Å². The summed E-state index contributed by atoms with van der Waals surface area (Å²) < 4.78 is 1.10. The first-order valence-electron chi connectivity index (χ1n) is 7.69. The SMILES string of the molecule is CC1(NC(=O)CCCc2ccc(Br)s2)CCCCC1C(=O)O. The van der Waals surface area contributed by atoms with Crippen LogP contribution in [0.3, 0.4) is 0 Å². The summed E-state index contributed by atoms with van der Waals surface area (Å²) in [5.41, 5.74) is -0.604. The maximum Gasteiger partial charge on any atom is 0.308 e. The van der Waals surface area contributed by atoms with Crippen LogP contribution in [-0.2, 0) is 16.0 Å². The molecule has 2 unspecified atom stereocenters. The van der Waals surface area contributed by atoms with Crippen molar-refractivity contribution >= 4 is 39.1 Å². The van der Waals surface area contributed by atoms with Crippen LogP contribution >= 0.6 is 27.3 Å². The van der Waals surface area contributed by atoms with Gasteiger partial charge in [-0.3, -0.25) is 9.59 Å². The number of carboxylic acids is 1. The van der Waals surface area contributed by atoms with E-state index in [1.165, 1.54) is 4.88 Å². The van der Waals surface area contributed by atoms with E-state index in [9.17, 15) is 14.7 Å². The molecule has 4 nitrogen and oxygen atoms in total. The molecule has 1 amide bonds. The van der Waals surface area contributed by atoms with Crippen LogP contribution in [0.1, 0.15) is 50.3 Å². The molecule has 2 N–H and O–H groups in total. The van der Waals surface area contributed by atoms with Gasteiger partial charge in [-0.1, -0.05) is 12.8 Å². The minimum atomic E-state index is -0.800. The van der Waals surface area contributed by atoms with E-state index in [2.05, 4.69) is 27.3 Å². The summed E-state index contributed by atoms with van der Waals surface area (Å²) in [7, 11) is 0. The Labute approximate surface area is 143 Å². The standard InChI is InChI=1S/C16H22BrNO3S/c1-16(10-3-2-6-12(16)15(20)21)18-14(19)7-4-5-11-8-9-13(17)22-11/h8-9,12H,2-7,10H2,1H3,(H,18,19)(H,20,21). The molecule has 122 valence electrons. The molecule has 0 bridgehead atoms. The minimum Gasteiger partial charge on any atom is -0.481 e. The van der Waals surface area contributed by atoms with Crippen LogP contribution in [0.5, 0.6) is 0 Å². The fraction of sp³-hybridized carbons (Fsp3) is 0.625. The maximum atomic E-state index is 12.2. The number of carbonyl (C=O) groups excluding carboxylic acids is 1. The number of carboxylic acid groups (broad SMARTS) is 1. The third-order valence-electron chi connectivity index (χ3n) is 4.39. The summed E-state index contributed by atoms with van der Waals surface area (Å²) in [5.74, 6) is -1.31. The van der Waals surface area contributed by atoms with E-state index >= 15 is 0 Å². The van der Waals surface area contributed by atoms with E-state index in [1.54, 1.807) is 11.3 Å².